The van der Waals surface area contributed by atoms with E-state index < -0.39 is 80.2 Å². The van der Waals surface area contributed by atoms with E-state index in [9.17, 15) is 53.1 Å². The molecule has 0 unspecified atom stereocenters. The zero-order valence-electron chi connectivity index (χ0n) is 16.5. The molecule has 0 radical (unpaired) electrons. The molecule has 0 fully saturated rings. The van der Waals surface area contributed by atoms with Crippen molar-refractivity contribution in [1.29, 1.82) is 5.26 Å². The molecule has 0 heterocycles. The summed E-state index contributed by atoms with van der Waals surface area (Å²) in [5.74, 6) is -2.87. The Hall–Kier alpha value is -2.84. The summed E-state index contributed by atoms with van der Waals surface area (Å²) < 4.78 is 147. The quantitative estimate of drug-likeness (QED) is 0.214. The minimum atomic E-state index is -6.68. The third-order valence-corrected chi connectivity index (χ3v) is 5.27. The molecule has 4 nitrogen and oxygen atoms in total. The predicted molar refractivity (Wildman–Crippen MR) is 108 cm³/mol. The van der Waals surface area contributed by atoms with Gasteiger partial charge in [0.05, 0.1) is 28.6 Å². The Bertz CT molecular complexity index is 1150. The fourth-order valence-corrected chi connectivity index (χ4v) is 3.56. The van der Waals surface area contributed by atoms with E-state index in [0.717, 1.165) is 40.8 Å². The van der Waals surface area contributed by atoms with Gasteiger partial charge >= 0.3 is 24.2 Å². The van der Waals surface area contributed by atoms with E-state index in [0.29, 0.717) is 0 Å². The van der Waals surface area contributed by atoms with E-state index in [-0.39, 0.29) is 6.07 Å². The van der Waals surface area contributed by atoms with Gasteiger partial charge in [0.25, 0.3) is 5.91 Å². The van der Waals surface area contributed by atoms with Crippen LogP contribution in [0, 0.1) is 20.7 Å². The van der Waals surface area contributed by atoms with Crippen molar-refractivity contribution in [3.8, 4) is 6.07 Å². The molecule has 16 heteroatoms. The first kappa shape index (κ1) is 28.4. The monoisotopic (exact) mass is 631 g/mol. The summed E-state index contributed by atoms with van der Waals surface area (Å²) in [4.78, 5) is 12.4. The smallest absolute Gasteiger partial charge is 0.370 e. The molecular formula is C19H9F11IN3O. The third-order valence-electron chi connectivity index (χ3n) is 4.41. The number of nitrogens with zero attached hydrogens (tertiary/aromatic N) is 1. The van der Waals surface area contributed by atoms with Crippen LogP contribution in [0.4, 0.5) is 59.7 Å². The van der Waals surface area contributed by atoms with Gasteiger partial charge in [-0.25, -0.2) is 8.78 Å². The average molecular weight is 631 g/mol. The highest BCUT2D eigenvalue weighted by atomic mass is 127. The Morgan fingerprint density at radius 3 is 2.03 bits per heavy atom. The summed E-state index contributed by atoms with van der Waals surface area (Å²) in [6.45, 7) is -0.414. The maximum atomic E-state index is 14.5. The molecular weight excluding hydrogens is 622 g/mol. The number of carbonyl (C=O) groups excluding carboxylic acids is 1. The zero-order chi connectivity index (χ0) is 27.0. The molecule has 0 aliphatic heterocycles. The van der Waals surface area contributed by atoms with E-state index in [4.69, 9.17) is 5.26 Å². The third kappa shape index (κ3) is 5.54. The molecule has 0 aliphatic carbocycles. The highest BCUT2D eigenvalue weighted by molar-refractivity contribution is 14.1. The van der Waals surface area contributed by atoms with Crippen molar-refractivity contribution in [3.05, 3.63) is 56.4 Å². The Kier molecular flexibility index (Phi) is 7.84. The number of hydrogen-bond acceptors (Lipinski definition) is 3. The molecule has 0 saturated carbocycles. The van der Waals surface area contributed by atoms with Crippen LogP contribution in [0.2, 0.25) is 0 Å². The highest BCUT2D eigenvalue weighted by Crippen LogP contribution is 2.54. The van der Waals surface area contributed by atoms with Crippen LogP contribution in [0.5, 0.6) is 0 Å². The Morgan fingerprint density at radius 1 is 0.971 bits per heavy atom. The van der Waals surface area contributed by atoms with Crippen LogP contribution in [0.15, 0.2) is 30.3 Å². The molecule has 190 valence electrons. The molecule has 0 saturated heterocycles. The molecule has 35 heavy (non-hydrogen) atoms. The van der Waals surface area contributed by atoms with Crippen molar-refractivity contribution in [1.82, 2.24) is 0 Å². The van der Waals surface area contributed by atoms with Gasteiger partial charge in [0, 0.05) is 9.13 Å². The standard InChI is InChI=1S/C19H9F11IN3O/c20-13-9(2-1-3-12(13)33-5-4-32)15(35)34-14-10(17(22,23)24)6-8(7-11(14)31)16(21,18(25,26)27)19(28,29)30/h1-3,6-7,33H,5H2,(H,34,35). The Labute approximate surface area is 202 Å². The van der Waals surface area contributed by atoms with Gasteiger partial charge in [-0.1, -0.05) is 6.07 Å². The molecule has 0 spiro atoms. The number of nitrogens with one attached hydrogen (secondary N) is 2. The Balaban J connectivity index is 2.66. The summed E-state index contributed by atoms with van der Waals surface area (Å²) in [5, 5.41) is 12.4. The second kappa shape index (κ2) is 9.66. The second-order valence-corrected chi connectivity index (χ2v) is 7.83. The summed E-state index contributed by atoms with van der Waals surface area (Å²) in [6.07, 6.45) is -19.0. The van der Waals surface area contributed by atoms with Crippen LogP contribution < -0.4 is 10.6 Å². The topological polar surface area (TPSA) is 64.9 Å². The number of rotatable bonds is 5. The molecule has 0 aliphatic rings. The predicted octanol–water partition coefficient (Wildman–Crippen LogP) is 6.93. The molecule has 0 atom stereocenters. The number of alkyl halides is 10. The number of anilines is 2. The van der Waals surface area contributed by atoms with E-state index in [1.54, 1.807) is 11.4 Å². The fourth-order valence-electron chi connectivity index (χ4n) is 2.80. The van der Waals surface area contributed by atoms with Gasteiger partial charge in [0.1, 0.15) is 6.54 Å². The molecule has 0 bridgehead atoms. The second-order valence-electron chi connectivity index (χ2n) is 6.67. The number of benzene rings is 2. The lowest BCUT2D eigenvalue weighted by atomic mass is 9.92. The molecule has 2 N–H and O–H groups in total. The number of carbonyl (C=O) groups is 1. The van der Waals surface area contributed by atoms with Crippen LogP contribution in [0.3, 0.4) is 0 Å². The number of hydrogen-bond donors (Lipinski definition) is 2. The van der Waals surface area contributed by atoms with Gasteiger partial charge in [0.15, 0.2) is 5.82 Å². The van der Waals surface area contributed by atoms with Gasteiger partial charge in [-0.3, -0.25) is 4.79 Å². The highest BCUT2D eigenvalue weighted by Gasteiger charge is 2.73. The van der Waals surface area contributed by atoms with Crippen molar-refractivity contribution >= 4 is 39.9 Å². The average Bonchev–Trinajstić information content (AvgIpc) is 2.71. The summed E-state index contributed by atoms with van der Waals surface area (Å²) >= 11 is 0.876. The lowest BCUT2D eigenvalue weighted by Gasteiger charge is -2.31. The first-order valence-electron chi connectivity index (χ1n) is 8.80. The van der Waals surface area contributed by atoms with Crippen molar-refractivity contribution in [2.45, 2.75) is 24.2 Å². The van der Waals surface area contributed by atoms with Crippen LogP contribution in [-0.4, -0.2) is 24.8 Å². The van der Waals surface area contributed by atoms with Crippen molar-refractivity contribution < 1.29 is 53.1 Å². The van der Waals surface area contributed by atoms with Gasteiger partial charge in [-0.05, 0) is 46.9 Å². The summed E-state index contributed by atoms with van der Waals surface area (Å²) in [7, 11) is 0. The largest absolute Gasteiger partial charge is 0.435 e. The van der Waals surface area contributed by atoms with Crippen LogP contribution in [0.25, 0.3) is 0 Å². The minimum Gasteiger partial charge on any atom is -0.370 e. The maximum Gasteiger partial charge on any atom is 0.435 e. The molecule has 2 rings (SSSR count). The first-order chi connectivity index (χ1) is 15.9. The minimum absolute atomic E-state index is 0.159. The fraction of sp³-hybridized carbons (Fsp3) is 0.263. The van der Waals surface area contributed by atoms with E-state index in [2.05, 4.69) is 5.32 Å². The lowest BCUT2D eigenvalue weighted by Crippen LogP contribution is -2.50. The van der Waals surface area contributed by atoms with Crippen molar-refractivity contribution in [3.63, 3.8) is 0 Å². The number of halogens is 12. The SMILES string of the molecule is N#CCNc1cccc(C(=O)Nc2c(I)cc(C(F)(C(F)(F)F)C(F)(F)F)cc2C(F)(F)F)c1F. The Morgan fingerprint density at radius 2 is 1.54 bits per heavy atom. The zero-order valence-corrected chi connectivity index (χ0v) is 18.6. The van der Waals surface area contributed by atoms with Gasteiger partial charge < -0.3 is 10.6 Å². The first-order valence-corrected chi connectivity index (χ1v) is 9.88. The molecule has 0 aromatic heterocycles. The lowest BCUT2D eigenvalue weighted by molar-refractivity contribution is -0.348. The van der Waals surface area contributed by atoms with Crippen molar-refractivity contribution in [2.75, 3.05) is 17.2 Å². The van der Waals surface area contributed by atoms with E-state index in [1.807, 2.05) is 0 Å². The van der Waals surface area contributed by atoms with E-state index in [1.165, 1.54) is 0 Å². The van der Waals surface area contributed by atoms with Crippen molar-refractivity contribution in [2.24, 2.45) is 0 Å². The van der Waals surface area contributed by atoms with Gasteiger partial charge in [-0.15, -0.1) is 0 Å². The molecule has 2 aromatic rings. The van der Waals surface area contributed by atoms with E-state index >= 15 is 0 Å². The summed E-state index contributed by atoms with van der Waals surface area (Å²) in [6, 6.07) is 3.71. The van der Waals surface area contributed by atoms with Crippen LogP contribution in [0.1, 0.15) is 21.5 Å². The van der Waals surface area contributed by atoms with Crippen LogP contribution >= 0.6 is 22.6 Å². The maximum absolute atomic E-state index is 14.5. The molecule has 1 amide bonds. The number of nitriles is 1. The van der Waals surface area contributed by atoms with Gasteiger partial charge in [0.2, 0.25) is 0 Å². The normalized spacial score (nSPS) is 12.8. The van der Waals surface area contributed by atoms with Crippen LogP contribution in [-0.2, 0) is 11.8 Å². The van der Waals surface area contributed by atoms with Gasteiger partial charge in [-0.2, -0.15) is 44.8 Å². The summed E-state index contributed by atoms with van der Waals surface area (Å²) in [5.41, 5.74) is -13.4. The molecule has 2 aromatic carbocycles. The number of amides is 1.